The van der Waals surface area contributed by atoms with Gasteiger partial charge in [-0.3, -0.25) is 19.6 Å². The number of carbonyl (C=O) groups excluding carboxylic acids is 1. The van der Waals surface area contributed by atoms with E-state index >= 15 is 0 Å². The maximum Gasteiger partial charge on any atom is 0.290 e. The molecule has 1 N–H and O–H groups in total. The van der Waals surface area contributed by atoms with E-state index in [2.05, 4.69) is 10.4 Å². The maximum atomic E-state index is 13.1. The minimum absolute atomic E-state index is 0.0463. The maximum absolute atomic E-state index is 13.1. The zero-order valence-electron chi connectivity index (χ0n) is 16.3. The van der Waals surface area contributed by atoms with Gasteiger partial charge in [0.25, 0.3) is 5.91 Å². The molecule has 0 saturated heterocycles. The normalized spacial score (nSPS) is 11.4. The van der Waals surface area contributed by atoms with Crippen molar-refractivity contribution in [2.45, 2.75) is 11.7 Å². The molecule has 1 amide bonds. The van der Waals surface area contributed by atoms with Gasteiger partial charge >= 0.3 is 0 Å². The summed E-state index contributed by atoms with van der Waals surface area (Å²) in [6.07, 6.45) is 2.65. The molecule has 0 saturated carbocycles. The first-order chi connectivity index (χ1) is 14.4. The fraction of sp³-hybridized carbons (Fsp3) is 0.0909. The van der Waals surface area contributed by atoms with Gasteiger partial charge in [-0.25, -0.2) is 13.4 Å². The molecule has 0 aliphatic carbocycles. The first-order valence-electron chi connectivity index (χ1n) is 9.28. The number of rotatable bonds is 6. The number of hydrazine groups is 1. The van der Waals surface area contributed by atoms with Crippen molar-refractivity contribution in [1.82, 2.24) is 14.8 Å². The number of para-hydroxylation sites is 1. The quantitative estimate of drug-likeness (QED) is 0.485. The van der Waals surface area contributed by atoms with E-state index in [-0.39, 0.29) is 10.9 Å². The van der Waals surface area contributed by atoms with E-state index in [0.717, 1.165) is 17.5 Å². The van der Waals surface area contributed by atoms with Crippen LogP contribution in [0.2, 0.25) is 0 Å². The molecule has 0 bridgehead atoms. The molecule has 8 heteroatoms. The van der Waals surface area contributed by atoms with Crippen molar-refractivity contribution < 1.29 is 13.2 Å². The predicted octanol–water partition coefficient (Wildman–Crippen LogP) is 3.09. The van der Waals surface area contributed by atoms with E-state index in [4.69, 9.17) is 0 Å². The first-order valence-corrected chi connectivity index (χ1v) is 11.2. The second-order valence-corrected chi connectivity index (χ2v) is 8.73. The van der Waals surface area contributed by atoms with Crippen molar-refractivity contribution in [3.05, 3.63) is 96.3 Å². The lowest BCUT2D eigenvalue weighted by Gasteiger charge is -2.25. The molecule has 0 fully saturated rings. The largest absolute Gasteiger partial charge is 0.290 e. The number of amides is 1. The molecule has 4 rings (SSSR count). The minimum atomic E-state index is -3.61. The molecule has 0 aliphatic heterocycles. The van der Waals surface area contributed by atoms with E-state index < -0.39 is 15.7 Å². The molecule has 152 valence electrons. The third-order valence-electron chi connectivity index (χ3n) is 4.55. The van der Waals surface area contributed by atoms with Crippen molar-refractivity contribution in [2.24, 2.45) is 0 Å². The number of nitrogens with zero attached hydrogens (tertiary/aromatic N) is 3. The summed E-state index contributed by atoms with van der Waals surface area (Å²) in [6.45, 7) is 0.432. The van der Waals surface area contributed by atoms with Crippen molar-refractivity contribution in [2.75, 3.05) is 11.3 Å². The number of fused-ring (bicyclic) bond motifs is 1. The summed E-state index contributed by atoms with van der Waals surface area (Å²) in [5.41, 5.74) is 5.15. The Hall–Kier alpha value is -3.65. The topological polar surface area (TPSA) is 83.8 Å². The number of pyridine rings is 1. The Kier molecular flexibility index (Phi) is 5.24. The number of hydrogen-bond donors (Lipinski definition) is 1. The Morgan fingerprint density at radius 2 is 1.60 bits per heavy atom. The highest BCUT2D eigenvalue weighted by molar-refractivity contribution is 7.90. The number of sulfone groups is 1. The number of benzene rings is 2. The Bertz CT molecular complexity index is 1290. The van der Waals surface area contributed by atoms with E-state index in [0.29, 0.717) is 12.1 Å². The van der Waals surface area contributed by atoms with Crippen LogP contribution < -0.4 is 10.4 Å². The van der Waals surface area contributed by atoms with Crippen LogP contribution in [-0.4, -0.2) is 30.0 Å². The number of carbonyl (C=O) groups is 1. The fourth-order valence-corrected chi connectivity index (χ4v) is 3.96. The van der Waals surface area contributed by atoms with Gasteiger partial charge in [0.15, 0.2) is 5.69 Å². The van der Waals surface area contributed by atoms with Gasteiger partial charge in [-0.2, -0.15) is 0 Å². The summed E-state index contributed by atoms with van der Waals surface area (Å²) in [7, 11) is -3.61. The third-order valence-corrected chi connectivity index (χ3v) is 5.50. The third kappa shape index (κ3) is 4.04. The number of aromatic nitrogens is 2. The van der Waals surface area contributed by atoms with Gasteiger partial charge in [0.2, 0.25) is 15.0 Å². The predicted molar refractivity (Wildman–Crippen MR) is 115 cm³/mol. The molecule has 0 atom stereocenters. The highest BCUT2D eigenvalue weighted by Gasteiger charge is 2.24. The van der Waals surface area contributed by atoms with Crippen molar-refractivity contribution in [3.8, 4) is 0 Å². The van der Waals surface area contributed by atoms with Crippen LogP contribution in [0.15, 0.2) is 90.2 Å². The number of nitrogens with one attached hydrogen (secondary N) is 1. The smallest absolute Gasteiger partial charge is 0.290 e. The van der Waals surface area contributed by atoms with Crippen LogP contribution in [0.25, 0.3) is 5.52 Å². The van der Waals surface area contributed by atoms with Crippen LogP contribution in [0.3, 0.4) is 0 Å². The van der Waals surface area contributed by atoms with Crippen molar-refractivity contribution in [3.63, 3.8) is 0 Å². The molecule has 7 nitrogen and oxygen atoms in total. The molecule has 2 heterocycles. The molecule has 2 aromatic carbocycles. The highest BCUT2D eigenvalue weighted by Crippen LogP contribution is 2.19. The van der Waals surface area contributed by atoms with Gasteiger partial charge in [-0.05, 0) is 29.8 Å². The molecular formula is C22H20N4O3S. The summed E-state index contributed by atoms with van der Waals surface area (Å²) in [6, 6.07) is 24.3. The van der Waals surface area contributed by atoms with Gasteiger partial charge < -0.3 is 0 Å². The van der Waals surface area contributed by atoms with Gasteiger partial charge in [0.05, 0.1) is 17.7 Å². The second-order valence-electron chi connectivity index (χ2n) is 6.82. The zero-order valence-corrected chi connectivity index (χ0v) is 17.1. The molecule has 0 spiro atoms. The Balaban J connectivity index is 1.71. The lowest BCUT2D eigenvalue weighted by Crippen LogP contribution is -2.42. The monoisotopic (exact) mass is 420 g/mol. The Labute approximate surface area is 174 Å². The van der Waals surface area contributed by atoms with Gasteiger partial charge in [0.1, 0.15) is 0 Å². The van der Waals surface area contributed by atoms with Crippen LogP contribution in [-0.2, 0) is 16.4 Å². The van der Waals surface area contributed by atoms with E-state index in [1.165, 1.54) is 4.40 Å². The van der Waals surface area contributed by atoms with Crippen molar-refractivity contribution in [1.29, 1.82) is 0 Å². The average molecular weight is 420 g/mol. The number of anilines is 1. The standard InChI is InChI=1S/C22H20N4O3S/c1-30(28,29)22-23-20(19-14-8-9-15-25(19)22)21(27)24-26(18-12-6-3-7-13-18)16-17-10-4-2-5-11-17/h2-15H,16H2,1H3,(H,24,27). The fourth-order valence-electron chi connectivity index (χ4n) is 3.18. The highest BCUT2D eigenvalue weighted by atomic mass is 32.2. The molecule has 0 unspecified atom stereocenters. The zero-order chi connectivity index (χ0) is 21.1. The SMILES string of the molecule is CS(=O)(=O)c1nc(C(=O)NN(Cc2ccccc2)c2ccccc2)c2ccccn12. The van der Waals surface area contributed by atoms with Crippen molar-refractivity contribution >= 4 is 26.9 Å². The van der Waals surface area contributed by atoms with E-state index in [9.17, 15) is 13.2 Å². The first kappa shape index (κ1) is 19.7. The van der Waals surface area contributed by atoms with Gasteiger partial charge in [0, 0.05) is 12.5 Å². The summed E-state index contributed by atoms with van der Waals surface area (Å²) in [5.74, 6) is -0.492. The second kappa shape index (κ2) is 8.00. The number of hydrogen-bond acceptors (Lipinski definition) is 5. The molecule has 2 aromatic heterocycles. The van der Waals surface area contributed by atoms with E-state index in [1.807, 2.05) is 60.7 Å². The molecule has 30 heavy (non-hydrogen) atoms. The lowest BCUT2D eigenvalue weighted by atomic mass is 10.2. The summed E-state index contributed by atoms with van der Waals surface area (Å²) in [4.78, 5) is 17.3. The Morgan fingerprint density at radius 3 is 2.27 bits per heavy atom. The molecule has 0 aliphatic rings. The van der Waals surface area contributed by atoms with Gasteiger partial charge in [-0.15, -0.1) is 0 Å². The van der Waals surface area contributed by atoms with Crippen LogP contribution in [0.1, 0.15) is 16.1 Å². The lowest BCUT2D eigenvalue weighted by molar-refractivity contribution is 0.0945. The summed E-state index contributed by atoms with van der Waals surface area (Å²) >= 11 is 0. The number of imidazole rings is 1. The summed E-state index contributed by atoms with van der Waals surface area (Å²) in [5, 5.41) is 1.55. The molecule has 4 aromatic rings. The summed E-state index contributed by atoms with van der Waals surface area (Å²) < 4.78 is 25.7. The van der Waals surface area contributed by atoms with Gasteiger partial charge in [-0.1, -0.05) is 54.6 Å². The van der Waals surface area contributed by atoms with Crippen LogP contribution in [0.5, 0.6) is 0 Å². The minimum Gasteiger partial charge on any atom is -0.290 e. The van der Waals surface area contributed by atoms with Crippen LogP contribution in [0, 0.1) is 0 Å². The molecular weight excluding hydrogens is 400 g/mol. The molecule has 0 radical (unpaired) electrons. The van der Waals surface area contributed by atoms with Crippen LogP contribution in [0.4, 0.5) is 5.69 Å². The van der Waals surface area contributed by atoms with E-state index in [1.54, 1.807) is 29.4 Å². The average Bonchev–Trinajstić information content (AvgIpc) is 3.15. The Morgan fingerprint density at radius 1 is 0.967 bits per heavy atom. The van der Waals surface area contributed by atoms with Crippen LogP contribution >= 0.6 is 0 Å².